The molecule has 0 amide bonds. The molecule has 0 saturated heterocycles. The standard InChI is InChI=1S/C17H30O2/c1-3-5-7-9-10-11-12-13-15-17(18)19-16-14-8-6-4-2/h3,8,14H,1,4-7,9-13,15-16H2,2H3/b14-8+. The Bertz CT molecular complexity index is 244. The molecule has 0 aliphatic carbocycles. The van der Waals surface area contributed by atoms with Crippen LogP contribution in [0.1, 0.15) is 71.1 Å². The number of carbonyl (C=O) groups is 1. The minimum atomic E-state index is -0.0622. The normalized spacial score (nSPS) is 10.8. The Hall–Kier alpha value is -1.05. The van der Waals surface area contributed by atoms with Crippen LogP contribution in [0.15, 0.2) is 24.8 Å². The minimum Gasteiger partial charge on any atom is -0.461 e. The summed E-state index contributed by atoms with van der Waals surface area (Å²) in [6.07, 6.45) is 17.0. The van der Waals surface area contributed by atoms with Gasteiger partial charge < -0.3 is 4.74 Å². The number of esters is 1. The predicted octanol–water partition coefficient (Wildman–Crippen LogP) is 5.19. The van der Waals surface area contributed by atoms with E-state index in [1.807, 2.05) is 12.2 Å². The van der Waals surface area contributed by atoms with Crippen molar-refractivity contribution < 1.29 is 9.53 Å². The fourth-order valence-electron chi connectivity index (χ4n) is 1.83. The lowest BCUT2D eigenvalue weighted by molar-refractivity contribution is -0.142. The van der Waals surface area contributed by atoms with Gasteiger partial charge in [-0.2, -0.15) is 0 Å². The molecular formula is C17H30O2. The van der Waals surface area contributed by atoms with Crippen LogP contribution in [0.4, 0.5) is 0 Å². The summed E-state index contributed by atoms with van der Waals surface area (Å²) in [5.41, 5.74) is 0. The molecule has 0 aromatic rings. The molecule has 2 heteroatoms. The topological polar surface area (TPSA) is 26.3 Å². The molecule has 2 nitrogen and oxygen atoms in total. The number of hydrogen-bond donors (Lipinski definition) is 0. The summed E-state index contributed by atoms with van der Waals surface area (Å²) in [5.74, 6) is -0.0622. The zero-order valence-electron chi connectivity index (χ0n) is 12.5. The summed E-state index contributed by atoms with van der Waals surface area (Å²) in [4.78, 5) is 11.4. The van der Waals surface area contributed by atoms with E-state index in [9.17, 15) is 4.79 Å². The van der Waals surface area contributed by atoms with Crippen LogP contribution >= 0.6 is 0 Å². The largest absolute Gasteiger partial charge is 0.461 e. The Balaban J connectivity index is 3.22. The second-order valence-corrected chi connectivity index (χ2v) is 4.89. The quantitative estimate of drug-likeness (QED) is 0.260. The van der Waals surface area contributed by atoms with E-state index in [0.29, 0.717) is 13.0 Å². The Kier molecular flexibility index (Phi) is 14.2. The average molecular weight is 266 g/mol. The van der Waals surface area contributed by atoms with Crippen molar-refractivity contribution in [3.63, 3.8) is 0 Å². The third-order valence-electron chi connectivity index (χ3n) is 3.00. The summed E-state index contributed by atoms with van der Waals surface area (Å²) < 4.78 is 5.11. The fourth-order valence-corrected chi connectivity index (χ4v) is 1.83. The van der Waals surface area contributed by atoms with E-state index in [4.69, 9.17) is 4.74 Å². The maximum Gasteiger partial charge on any atom is 0.306 e. The summed E-state index contributed by atoms with van der Waals surface area (Å²) in [6.45, 7) is 6.28. The molecule has 0 spiro atoms. The van der Waals surface area contributed by atoms with Crippen molar-refractivity contribution in [2.75, 3.05) is 6.61 Å². The molecular weight excluding hydrogens is 236 g/mol. The van der Waals surface area contributed by atoms with Gasteiger partial charge in [0.2, 0.25) is 0 Å². The number of ether oxygens (including phenoxy) is 1. The number of carbonyl (C=O) groups excluding carboxylic acids is 1. The molecule has 0 aromatic carbocycles. The molecule has 0 fully saturated rings. The molecule has 0 heterocycles. The zero-order valence-corrected chi connectivity index (χ0v) is 12.5. The molecule has 19 heavy (non-hydrogen) atoms. The van der Waals surface area contributed by atoms with Crippen molar-refractivity contribution in [1.82, 2.24) is 0 Å². The highest BCUT2D eigenvalue weighted by atomic mass is 16.5. The Morgan fingerprint density at radius 2 is 1.68 bits per heavy atom. The van der Waals surface area contributed by atoms with E-state index in [-0.39, 0.29) is 5.97 Å². The van der Waals surface area contributed by atoms with Crippen LogP contribution in [0.3, 0.4) is 0 Å². The maximum absolute atomic E-state index is 11.4. The van der Waals surface area contributed by atoms with Crippen LogP contribution in [-0.2, 0) is 9.53 Å². The van der Waals surface area contributed by atoms with Crippen LogP contribution < -0.4 is 0 Å². The first-order valence-electron chi connectivity index (χ1n) is 7.72. The molecule has 0 bridgehead atoms. The van der Waals surface area contributed by atoms with Crippen molar-refractivity contribution in [3.05, 3.63) is 24.8 Å². The molecule has 0 radical (unpaired) electrons. The number of rotatable bonds is 13. The van der Waals surface area contributed by atoms with Gasteiger partial charge in [-0.25, -0.2) is 0 Å². The van der Waals surface area contributed by atoms with Crippen LogP contribution in [0.25, 0.3) is 0 Å². The molecule has 0 aromatic heterocycles. The van der Waals surface area contributed by atoms with Gasteiger partial charge in [-0.15, -0.1) is 6.58 Å². The number of allylic oxidation sites excluding steroid dienone is 2. The lowest BCUT2D eigenvalue weighted by Crippen LogP contribution is -2.03. The molecule has 0 unspecified atom stereocenters. The van der Waals surface area contributed by atoms with Gasteiger partial charge in [0.1, 0.15) is 6.61 Å². The third-order valence-corrected chi connectivity index (χ3v) is 3.00. The minimum absolute atomic E-state index is 0.0622. The second-order valence-electron chi connectivity index (χ2n) is 4.89. The van der Waals surface area contributed by atoms with Gasteiger partial charge >= 0.3 is 5.97 Å². The highest BCUT2D eigenvalue weighted by Gasteiger charge is 2.00. The summed E-state index contributed by atoms with van der Waals surface area (Å²) >= 11 is 0. The van der Waals surface area contributed by atoms with Crippen molar-refractivity contribution in [2.45, 2.75) is 71.1 Å². The second kappa shape index (κ2) is 15.0. The van der Waals surface area contributed by atoms with Gasteiger partial charge in [0.25, 0.3) is 0 Å². The van der Waals surface area contributed by atoms with Gasteiger partial charge in [0.05, 0.1) is 0 Å². The lowest BCUT2D eigenvalue weighted by Gasteiger charge is -2.02. The molecule has 0 aliphatic rings. The Morgan fingerprint density at radius 3 is 2.37 bits per heavy atom. The van der Waals surface area contributed by atoms with E-state index >= 15 is 0 Å². The molecule has 0 aliphatic heterocycles. The Labute approximate surface area is 118 Å². The summed E-state index contributed by atoms with van der Waals surface area (Å²) in [6, 6.07) is 0. The van der Waals surface area contributed by atoms with Gasteiger partial charge in [-0.3, -0.25) is 4.79 Å². The van der Waals surface area contributed by atoms with Crippen LogP contribution in [0.2, 0.25) is 0 Å². The van der Waals surface area contributed by atoms with E-state index in [0.717, 1.165) is 32.1 Å². The lowest BCUT2D eigenvalue weighted by atomic mass is 10.1. The Morgan fingerprint density at radius 1 is 1.00 bits per heavy atom. The highest BCUT2D eigenvalue weighted by Crippen LogP contribution is 2.09. The maximum atomic E-state index is 11.4. The van der Waals surface area contributed by atoms with Crippen LogP contribution in [0, 0.1) is 0 Å². The molecule has 0 N–H and O–H groups in total. The number of hydrogen-bond acceptors (Lipinski definition) is 2. The fraction of sp³-hybridized carbons (Fsp3) is 0.706. The van der Waals surface area contributed by atoms with Crippen molar-refractivity contribution in [1.29, 1.82) is 0 Å². The van der Waals surface area contributed by atoms with Crippen molar-refractivity contribution >= 4 is 5.97 Å². The molecule has 0 saturated carbocycles. The first kappa shape index (κ1) is 17.9. The van der Waals surface area contributed by atoms with Gasteiger partial charge in [-0.05, 0) is 25.7 Å². The van der Waals surface area contributed by atoms with Crippen molar-refractivity contribution in [3.8, 4) is 0 Å². The molecule has 0 rings (SSSR count). The first-order chi connectivity index (χ1) is 9.31. The van der Waals surface area contributed by atoms with Gasteiger partial charge in [0.15, 0.2) is 0 Å². The zero-order chi connectivity index (χ0) is 14.2. The molecule has 110 valence electrons. The van der Waals surface area contributed by atoms with E-state index < -0.39 is 0 Å². The monoisotopic (exact) mass is 266 g/mol. The van der Waals surface area contributed by atoms with Gasteiger partial charge in [-0.1, -0.05) is 57.3 Å². The van der Waals surface area contributed by atoms with E-state index in [1.54, 1.807) is 0 Å². The summed E-state index contributed by atoms with van der Waals surface area (Å²) in [5, 5.41) is 0. The van der Waals surface area contributed by atoms with E-state index in [1.165, 1.54) is 25.7 Å². The van der Waals surface area contributed by atoms with Crippen molar-refractivity contribution in [2.24, 2.45) is 0 Å². The number of unbranched alkanes of at least 4 members (excludes halogenated alkanes) is 7. The molecule has 0 atom stereocenters. The highest BCUT2D eigenvalue weighted by molar-refractivity contribution is 5.69. The SMILES string of the molecule is C=CCCCCCCCCC(=O)OC/C=C/CCC. The first-order valence-corrected chi connectivity index (χ1v) is 7.72. The van der Waals surface area contributed by atoms with Gasteiger partial charge in [0, 0.05) is 6.42 Å². The van der Waals surface area contributed by atoms with Crippen LogP contribution in [0.5, 0.6) is 0 Å². The average Bonchev–Trinajstić information content (AvgIpc) is 2.41. The smallest absolute Gasteiger partial charge is 0.306 e. The predicted molar refractivity (Wildman–Crippen MR) is 82.1 cm³/mol. The summed E-state index contributed by atoms with van der Waals surface area (Å²) in [7, 11) is 0. The van der Waals surface area contributed by atoms with Crippen LogP contribution in [-0.4, -0.2) is 12.6 Å². The van der Waals surface area contributed by atoms with E-state index in [2.05, 4.69) is 19.6 Å². The third kappa shape index (κ3) is 14.9.